The SMILES string of the molecule is COC(=O)c1cc(C(=O)N2CCc3cc(F)ccc3[C@@H]2C)ccn1. The van der Waals surface area contributed by atoms with Crippen molar-refractivity contribution in [1.29, 1.82) is 0 Å². The summed E-state index contributed by atoms with van der Waals surface area (Å²) in [5.74, 6) is -1.04. The molecule has 6 heteroatoms. The Kier molecular flexibility index (Phi) is 4.29. The van der Waals surface area contributed by atoms with Gasteiger partial charge in [-0.15, -0.1) is 0 Å². The maximum Gasteiger partial charge on any atom is 0.356 e. The first-order valence-corrected chi connectivity index (χ1v) is 7.65. The van der Waals surface area contributed by atoms with Crippen LogP contribution in [0.5, 0.6) is 0 Å². The lowest BCUT2D eigenvalue weighted by atomic mass is 9.93. The molecule has 0 unspecified atom stereocenters. The van der Waals surface area contributed by atoms with Gasteiger partial charge >= 0.3 is 5.97 Å². The minimum Gasteiger partial charge on any atom is -0.464 e. The second-order valence-electron chi connectivity index (χ2n) is 5.69. The molecule has 24 heavy (non-hydrogen) atoms. The van der Waals surface area contributed by atoms with E-state index in [4.69, 9.17) is 0 Å². The number of carbonyl (C=O) groups excluding carboxylic acids is 2. The highest BCUT2D eigenvalue weighted by Gasteiger charge is 2.29. The lowest BCUT2D eigenvalue weighted by Gasteiger charge is -2.35. The predicted octanol–water partition coefficient (Wildman–Crippen LogP) is 2.77. The number of aromatic nitrogens is 1. The van der Waals surface area contributed by atoms with Crippen LogP contribution in [0.15, 0.2) is 36.5 Å². The summed E-state index contributed by atoms with van der Waals surface area (Å²) < 4.78 is 18.0. The fraction of sp³-hybridized carbons (Fsp3) is 0.278. The molecule has 1 aliphatic heterocycles. The first-order chi connectivity index (χ1) is 11.5. The molecule has 1 aromatic heterocycles. The van der Waals surface area contributed by atoms with Gasteiger partial charge in [-0.25, -0.2) is 14.2 Å². The van der Waals surface area contributed by atoms with Crippen LogP contribution >= 0.6 is 0 Å². The molecule has 124 valence electrons. The molecule has 0 fully saturated rings. The zero-order chi connectivity index (χ0) is 17.3. The molecule has 1 aromatic carbocycles. The molecule has 1 atom stereocenters. The summed E-state index contributed by atoms with van der Waals surface area (Å²) in [6.07, 6.45) is 2.01. The van der Waals surface area contributed by atoms with Gasteiger partial charge in [0, 0.05) is 18.3 Å². The highest BCUT2D eigenvalue weighted by molar-refractivity contribution is 5.97. The quantitative estimate of drug-likeness (QED) is 0.796. The fourth-order valence-electron chi connectivity index (χ4n) is 3.02. The van der Waals surface area contributed by atoms with E-state index in [1.54, 1.807) is 17.0 Å². The number of hydrogen-bond donors (Lipinski definition) is 0. The topological polar surface area (TPSA) is 59.5 Å². The lowest BCUT2D eigenvalue weighted by molar-refractivity contribution is 0.0594. The smallest absolute Gasteiger partial charge is 0.356 e. The maximum absolute atomic E-state index is 13.4. The van der Waals surface area contributed by atoms with Crippen molar-refractivity contribution in [3.8, 4) is 0 Å². The van der Waals surface area contributed by atoms with Crippen LogP contribution in [0.25, 0.3) is 0 Å². The highest BCUT2D eigenvalue weighted by Crippen LogP contribution is 2.31. The molecule has 2 aromatic rings. The number of fused-ring (bicyclic) bond motifs is 1. The van der Waals surface area contributed by atoms with Gasteiger partial charge in [0.1, 0.15) is 11.5 Å². The Bertz CT molecular complexity index is 807. The van der Waals surface area contributed by atoms with Gasteiger partial charge < -0.3 is 9.64 Å². The van der Waals surface area contributed by atoms with Crippen LogP contribution in [0, 0.1) is 5.82 Å². The monoisotopic (exact) mass is 328 g/mol. The molecule has 2 heterocycles. The summed E-state index contributed by atoms with van der Waals surface area (Å²) in [7, 11) is 1.27. The van der Waals surface area contributed by atoms with Gasteiger partial charge in [0.05, 0.1) is 13.2 Å². The minimum atomic E-state index is -0.586. The number of benzene rings is 1. The Balaban J connectivity index is 1.88. The third-order valence-corrected chi connectivity index (χ3v) is 4.31. The van der Waals surface area contributed by atoms with Gasteiger partial charge in [0.2, 0.25) is 0 Å². The van der Waals surface area contributed by atoms with Crippen LogP contribution in [-0.4, -0.2) is 35.4 Å². The summed E-state index contributed by atoms with van der Waals surface area (Å²) in [4.78, 5) is 30.0. The average molecular weight is 328 g/mol. The summed E-state index contributed by atoms with van der Waals surface area (Å²) in [6, 6.07) is 7.49. The van der Waals surface area contributed by atoms with Gasteiger partial charge in [-0.05, 0) is 48.7 Å². The van der Waals surface area contributed by atoms with Crippen molar-refractivity contribution in [2.45, 2.75) is 19.4 Å². The highest BCUT2D eigenvalue weighted by atomic mass is 19.1. The Morgan fingerprint density at radius 1 is 1.29 bits per heavy atom. The second-order valence-corrected chi connectivity index (χ2v) is 5.69. The summed E-state index contributed by atoms with van der Waals surface area (Å²) in [5, 5.41) is 0. The van der Waals surface area contributed by atoms with E-state index in [0.717, 1.165) is 11.1 Å². The molecular weight excluding hydrogens is 311 g/mol. The summed E-state index contributed by atoms with van der Waals surface area (Å²) >= 11 is 0. The van der Waals surface area contributed by atoms with Crippen LogP contribution < -0.4 is 0 Å². The van der Waals surface area contributed by atoms with E-state index in [0.29, 0.717) is 18.5 Å². The summed E-state index contributed by atoms with van der Waals surface area (Å²) in [5.41, 5.74) is 2.34. The largest absolute Gasteiger partial charge is 0.464 e. The van der Waals surface area contributed by atoms with E-state index in [9.17, 15) is 14.0 Å². The van der Waals surface area contributed by atoms with Crippen molar-refractivity contribution in [3.63, 3.8) is 0 Å². The van der Waals surface area contributed by atoms with Crippen molar-refractivity contribution in [3.05, 3.63) is 64.7 Å². The number of rotatable bonds is 2. The van der Waals surface area contributed by atoms with Crippen molar-refractivity contribution >= 4 is 11.9 Å². The number of pyridine rings is 1. The predicted molar refractivity (Wildman–Crippen MR) is 85.1 cm³/mol. The average Bonchev–Trinajstić information content (AvgIpc) is 2.60. The number of esters is 1. The van der Waals surface area contributed by atoms with Gasteiger partial charge in [-0.1, -0.05) is 6.07 Å². The van der Waals surface area contributed by atoms with Crippen molar-refractivity contribution < 1.29 is 18.7 Å². The fourth-order valence-corrected chi connectivity index (χ4v) is 3.02. The number of amides is 1. The molecule has 0 bridgehead atoms. The number of methoxy groups -OCH3 is 1. The van der Waals surface area contributed by atoms with Gasteiger partial charge in [-0.2, -0.15) is 0 Å². The molecule has 0 N–H and O–H groups in total. The van der Waals surface area contributed by atoms with E-state index in [1.165, 1.54) is 31.5 Å². The molecular formula is C18H17FN2O3. The molecule has 0 saturated heterocycles. The summed E-state index contributed by atoms with van der Waals surface area (Å²) in [6.45, 7) is 2.41. The van der Waals surface area contributed by atoms with E-state index in [2.05, 4.69) is 9.72 Å². The Labute approximate surface area is 139 Å². The van der Waals surface area contributed by atoms with Crippen molar-refractivity contribution in [2.75, 3.05) is 13.7 Å². The van der Waals surface area contributed by atoms with Crippen LogP contribution in [0.4, 0.5) is 4.39 Å². The van der Waals surface area contributed by atoms with Crippen molar-refractivity contribution in [1.82, 2.24) is 9.88 Å². The molecule has 1 aliphatic rings. The number of halogens is 1. The molecule has 0 radical (unpaired) electrons. The maximum atomic E-state index is 13.4. The zero-order valence-corrected chi connectivity index (χ0v) is 13.5. The van der Waals surface area contributed by atoms with Crippen LogP contribution in [-0.2, 0) is 11.2 Å². The van der Waals surface area contributed by atoms with E-state index >= 15 is 0 Å². The van der Waals surface area contributed by atoms with Crippen molar-refractivity contribution in [2.24, 2.45) is 0 Å². The van der Waals surface area contributed by atoms with Crippen LogP contribution in [0.1, 0.15) is 44.9 Å². The van der Waals surface area contributed by atoms with Gasteiger partial charge in [0.25, 0.3) is 5.91 Å². The molecule has 0 spiro atoms. The Morgan fingerprint density at radius 3 is 2.83 bits per heavy atom. The number of ether oxygens (including phenoxy) is 1. The van der Waals surface area contributed by atoms with E-state index in [1.807, 2.05) is 6.92 Å². The lowest BCUT2D eigenvalue weighted by Crippen LogP contribution is -2.39. The zero-order valence-electron chi connectivity index (χ0n) is 13.5. The number of hydrogen-bond acceptors (Lipinski definition) is 4. The van der Waals surface area contributed by atoms with Gasteiger partial charge in [0.15, 0.2) is 0 Å². The molecule has 1 amide bonds. The number of nitrogens with zero attached hydrogens (tertiary/aromatic N) is 2. The van der Waals surface area contributed by atoms with E-state index in [-0.39, 0.29) is 23.5 Å². The molecule has 0 aliphatic carbocycles. The first-order valence-electron chi connectivity index (χ1n) is 7.65. The molecule has 3 rings (SSSR count). The molecule has 5 nitrogen and oxygen atoms in total. The van der Waals surface area contributed by atoms with Crippen LogP contribution in [0.3, 0.4) is 0 Å². The normalized spacial score (nSPS) is 16.5. The Hall–Kier alpha value is -2.76. The standard InChI is InChI=1S/C18H17FN2O3/c1-11-15-4-3-14(19)9-12(15)6-8-21(11)17(22)13-5-7-20-16(10-13)18(23)24-2/h3-5,7,9-11H,6,8H2,1-2H3/t11-/m0/s1. The second kappa shape index (κ2) is 6.39. The third kappa shape index (κ3) is 2.87. The Morgan fingerprint density at radius 2 is 2.08 bits per heavy atom. The molecule has 0 saturated carbocycles. The third-order valence-electron chi connectivity index (χ3n) is 4.31. The van der Waals surface area contributed by atoms with Gasteiger partial charge in [-0.3, -0.25) is 4.79 Å². The minimum absolute atomic E-state index is 0.0930. The van der Waals surface area contributed by atoms with E-state index < -0.39 is 5.97 Å². The van der Waals surface area contributed by atoms with Crippen LogP contribution in [0.2, 0.25) is 0 Å². The number of carbonyl (C=O) groups is 2. The first kappa shape index (κ1) is 16.1.